The highest BCUT2D eigenvalue weighted by atomic mass is 15.2. The van der Waals surface area contributed by atoms with E-state index in [4.69, 9.17) is 34.9 Å². The van der Waals surface area contributed by atoms with Crippen LogP contribution in [0.1, 0.15) is 0 Å². The largest absolute Gasteiger partial charge is 0.278 e. The van der Waals surface area contributed by atoms with E-state index in [0.29, 0.717) is 5.95 Å². The summed E-state index contributed by atoms with van der Waals surface area (Å²) < 4.78 is 4.20. The summed E-state index contributed by atoms with van der Waals surface area (Å²) in [7, 11) is 0. The zero-order chi connectivity index (χ0) is 35.3. The van der Waals surface area contributed by atoms with Crippen LogP contribution in [0.4, 0.5) is 0 Å². The van der Waals surface area contributed by atoms with Crippen molar-refractivity contribution in [3.05, 3.63) is 152 Å². The van der Waals surface area contributed by atoms with Gasteiger partial charge in [-0.1, -0.05) is 54.6 Å². The van der Waals surface area contributed by atoms with E-state index in [9.17, 15) is 0 Å². The smallest absolute Gasteiger partial charge is 0.237 e. The maximum absolute atomic E-state index is 5.45. The molecule has 0 saturated heterocycles. The Morgan fingerprint density at radius 1 is 0.370 bits per heavy atom. The zero-order valence-corrected chi connectivity index (χ0v) is 28.5. The molecule has 12 aromatic rings. The lowest BCUT2D eigenvalue weighted by atomic mass is 9.98. The summed E-state index contributed by atoms with van der Waals surface area (Å²) in [4.78, 5) is 35.6. The summed E-state index contributed by atoms with van der Waals surface area (Å²) in [5, 5.41) is 8.07. The number of benzene rings is 4. The fourth-order valence-corrected chi connectivity index (χ4v) is 8.18. The molecule has 8 aromatic heterocycles. The van der Waals surface area contributed by atoms with Gasteiger partial charge in [0.05, 0.1) is 33.3 Å². The lowest BCUT2D eigenvalue weighted by Gasteiger charge is -2.15. The third kappa shape index (κ3) is 4.00. The summed E-state index contributed by atoms with van der Waals surface area (Å²) in [5.74, 6) is 1.26. The fraction of sp³-hybridized carbons (Fsp3) is 0. The predicted molar refractivity (Wildman–Crippen MR) is 215 cm³/mol. The van der Waals surface area contributed by atoms with Crippen molar-refractivity contribution in [2.75, 3.05) is 0 Å². The molecule has 4 aromatic carbocycles. The molecule has 0 amide bonds. The van der Waals surface area contributed by atoms with Crippen LogP contribution in [0.25, 0.3) is 111 Å². The summed E-state index contributed by atoms with van der Waals surface area (Å²) >= 11 is 0. The quantitative estimate of drug-likeness (QED) is 0.170. The lowest BCUT2D eigenvalue weighted by molar-refractivity contribution is 0.998. The average Bonchev–Trinajstić information content (AvgIpc) is 3.76. The second kappa shape index (κ2) is 10.9. The van der Waals surface area contributed by atoms with Crippen molar-refractivity contribution in [2.45, 2.75) is 0 Å². The topological polar surface area (TPSA) is 100 Å². The van der Waals surface area contributed by atoms with Gasteiger partial charge < -0.3 is 0 Å². The number of fused-ring (bicyclic) bond motifs is 12. The molecule has 0 fully saturated rings. The van der Waals surface area contributed by atoms with Gasteiger partial charge in [0, 0.05) is 73.4 Å². The molecule has 0 spiro atoms. The van der Waals surface area contributed by atoms with Gasteiger partial charge in [0.15, 0.2) is 0 Å². The van der Waals surface area contributed by atoms with E-state index in [1.54, 1.807) is 0 Å². The zero-order valence-electron chi connectivity index (χ0n) is 28.5. The number of nitrogens with zero attached hydrogens (tertiary/aromatic N) is 9. The maximum atomic E-state index is 5.45. The Balaban J connectivity index is 1.24. The molecule has 0 aliphatic carbocycles. The SMILES string of the molecule is c1cnc2c(c1)cc(-c1nc(-n3c4ccccc4c4cccnc43)nc3c1ccc1ccc(-n4c5ccccc5c5cccnc54)nc13)c1cccnc12. The van der Waals surface area contributed by atoms with Crippen molar-refractivity contribution < 1.29 is 0 Å². The number of aromatic nitrogens is 9. The predicted octanol–water partition coefficient (Wildman–Crippen LogP) is 9.93. The van der Waals surface area contributed by atoms with E-state index in [1.807, 2.05) is 55.1 Å². The Kier molecular flexibility index (Phi) is 5.86. The van der Waals surface area contributed by atoms with E-state index >= 15 is 0 Å². The highest BCUT2D eigenvalue weighted by Crippen LogP contribution is 2.39. The van der Waals surface area contributed by atoms with Crippen LogP contribution in [-0.2, 0) is 0 Å². The Labute approximate surface area is 305 Å². The minimum Gasteiger partial charge on any atom is -0.278 e. The molecule has 0 bridgehead atoms. The van der Waals surface area contributed by atoms with Gasteiger partial charge in [-0.2, -0.15) is 0 Å². The molecule has 250 valence electrons. The molecular formula is C45H25N9. The molecule has 0 unspecified atom stereocenters. The van der Waals surface area contributed by atoms with Crippen LogP contribution in [0, 0.1) is 0 Å². The summed E-state index contributed by atoms with van der Waals surface area (Å²) in [5.41, 5.74) is 8.49. The first-order valence-corrected chi connectivity index (χ1v) is 17.7. The van der Waals surface area contributed by atoms with Crippen molar-refractivity contribution in [2.24, 2.45) is 0 Å². The molecule has 0 saturated carbocycles. The first-order valence-electron chi connectivity index (χ1n) is 17.7. The van der Waals surface area contributed by atoms with Crippen LogP contribution < -0.4 is 0 Å². The van der Waals surface area contributed by atoms with Crippen molar-refractivity contribution in [3.8, 4) is 23.0 Å². The van der Waals surface area contributed by atoms with Gasteiger partial charge in [0.25, 0.3) is 0 Å². The van der Waals surface area contributed by atoms with Gasteiger partial charge >= 0.3 is 0 Å². The van der Waals surface area contributed by atoms with Crippen LogP contribution >= 0.6 is 0 Å². The Morgan fingerprint density at radius 3 is 1.76 bits per heavy atom. The van der Waals surface area contributed by atoms with E-state index in [2.05, 4.69) is 106 Å². The van der Waals surface area contributed by atoms with E-state index in [1.165, 1.54) is 0 Å². The van der Waals surface area contributed by atoms with Gasteiger partial charge in [0.2, 0.25) is 5.95 Å². The minimum atomic E-state index is 0.504. The van der Waals surface area contributed by atoms with E-state index < -0.39 is 0 Å². The molecule has 12 rings (SSSR count). The van der Waals surface area contributed by atoms with Crippen LogP contribution in [0.15, 0.2) is 152 Å². The molecule has 9 nitrogen and oxygen atoms in total. The Hall–Kier alpha value is -7.65. The molecule has 0 aliphatic rings. The molecule has 9 heteroatoms. The van der Waals surface area contributed by atoms with Crippen molar-refractivity contribution in [3.63, 3.8) is 0 Å². The molecular weight excluding hydrogens is 667 g/mol. The standard InChI is InChI=1S/C45H25N9/c1-3-15-35-28(10-1)31-13-7-23-48-43(31)53(35)37-20-18-26-17-19-33-40(34-25-27-9-5-21-46-38(27)41-30(34)12-6-22-47-41)51-45(52-42(33)39(26)50-37)54-36-16-4-2-11-29(36)32-14-8-24-49-44(32)54/h1-25H. The molecule has 8 heterocycles. The van der Waals surface area contributed by atoms with E-state index in [0.717, 1.165) is 105 Å². The van der Waals surface area contributed by atoms with Crippen LogP contribution in [0.2, 0.25) is 0 Å². The van der Waals surface area contributed by atoms with Gasteiger partial charge in [-0.15, -0.1) is 0 Å². The summed E-state index contributed by atoms with van der Waals surface area (Å²) in [6.07, 6.45) is 7.28. The first kappa shape index (κ1) is 29.0. The first-order chi connectivity index (χ1) is 26.8. The van der Waals surface area contributed by atoms with Crippen LogP contribution in [0.3, 0.4) is 0 Å². The highest BCUT2D eigenvalue weighted by Gasteiger charge is 2.22. The summed E-state index contributed by atoms with van der Waals surface area (Å²) in [6, 6.07) is 43.5. The van der Waals surface area contributed by atoms with Crippen molar-refractivity contribution >= 4 is 87.5 Å². The third-order valence-corrected chi connectivity index (χ3v) is 10.5. The van der Waals surface area contributed by atoms with Crippen molar-refractivity contribution in [1.82, 2.24) is 44.0 Å². The molecule has 0 N–H and O–H groups in total. The number of para-hydroxylation sites is 2. The average molecular weight is 692 g/mol. The maximum Gasteiger partial charge on any atom is 0.237 e. The normalized spacial score (nSPS) is 12.1. The summed E-state index contributed by atoms with van der Waals surface area (Å²) in [6.45, 7) is 0. The van der Waals surface area contributed by atoms with Gasteiger partial charge in [-0.3, -0.25) is 19.1 Å². The second-order valence-electron chi connectivity index (χ2n) is 13.4. The second-order valence-corrected chi connectivity index (χ2v) is 13.4. The fourth-order valence-electron chi connectivity index (χ4n) is 8.18. The number of rotatable bonds is 3. The van der Waals surface area contributed by atoms with Crippen molar-refractivity contribution in [1.29, 1.82) is 0 Å². The van der Waals surface area contributed by atoms with Gasteiger partial charge in [0.1, 0.15) is 22.6 Å². The number of hydrogen-bond acceptors (Lipinski definition) is 7. The van der Waals surface area contributed by atoms with Gasteiger partial charge in [-0.05, 0) is 72.8 Å². The highest BCUT2D eigenvalue weighted by molar-refractivity contribution is 6.16. The molecule has 0 aliphatic heterocycles. The number of hydrogen-bond donors (Lipinski definition) is 0. The van der Waals surface area contributed by atoms with E-state index in [-0.39, 0.29) is 0 Å². The van der Waals surface area contributed by atoms with Crippen LogP contribution in [-0.4, -0.2) is 44.0 Å². The minimum absolute atomic E-state index is 0.504. The molecule has 0 atom stereocenters. The lowest BCUT2D eigenvalue weighted by Crippen LogP contribution is -2.05. The Bertz CT molecular complexity index is 3420. The molecule has 54 heavy (non-hydrogen) atoms. The Morgan fingerprint density at radius 2 is 0.981 bits per heavy atom. The monoisotopic (exact) mass is 691 g/mol. The third-order valence-electron chi connectivity index (χ3n) is 10.5. The molecule has 0 radical (unpaired) electrons. The van der Waals surface area contributed by atoms with Gasteiger partial charge in [-0.25, -0.2) is 24.9 Å². The number of pyridine rings is 5. The van der Waals surface area contributed by atoms with Crippen LogP contribution in [0.5, 0.6) is 0 Å².